The largest absolute Gasteiger partial charge is 0.497 e. The van der Waals surface area contributed by atoms with Gasteiger partial charge in [0.1, 0.15) is 17.3 Å². The summed E-state index contributed by atoms with van der Waals surface area (Å²) in [6.07, 6.45) is 1.66. The Kier molecular flexibility index (Phi) is 8.02. The molecular weight excluding hydrogens is 544 g/mol. The van der Waals surface area contributed by atoms with Crippen LogP contribution in [0.5, 0.6) is 5.75 Å². The Morgan fingerprint density at radius 2 is 1.66 bits per heavy atom. The fraction of sp³-hybridized carbons (Fsp3) is 0.226. The van der Waals surface area contributed by atoms with E-state index in [1.807, 2.05) is 12.1 Å². The number of fused-ring (bicyclic) bond motifs is 1. The summed E-state index contributed by atoms with van der Waals surface area (Å²) in [5, 5.41) is 0. The average Bonchev–Trinajstić information content (AvgIpc) is 3.57. The number of hydrogen-bond donors (Lipinski definition) is 0. The van der Waals surface area contributed by atoms with Crippen LogP contribution < -0.4 is 19.6 Å². The van der Waals surface area contributed by atoms with Gasteiger partial charge >= 0.3 is 11.9 Å². The predicted octanol–water partition coefficient (Wildman–Crippen LogP) is 4.24. The average molecular weight is 573 g/mol. The third kappa shape index (κ3) is 5.51. The van der Waals surface area contributed by atoms with E-state index in [0.29, 0.717) is 50.0 Å². The number of hydrogen-bond acceptors (Lipinski definition) is 9. The molecule has 0 aliphatic carbocycles. The topological polar surface area (TPSA) is 109 Å². The summed E-state index contributed by atoms with van der Waals surface area (Å²) >= 11 is 1.21. The minimum Gasteiger partial charge on any atom is -0.497 e. The first-order valence-corrected chi connectivity index (χ1v) is 13.9. The van der Waals surface area contributed by atoms with Gasteiger partial charge in [-0.1, -0.05) is 35.6 Å². The van der Waals surface area contributed by atoms with Crippen molar-refractivity contribution in [1.29, 1.82) is 0 Å². The zero-order chi connectivity index (χ0) is 29.1. The van der Waals surface area contributed by atoms with E-state index in [1.165, 1.54) is 15.9 Å². The Bertz CT molecular complexity index is 1810. The number of carbonyl (C=O) groups is 2. The van der Waals surface area contributed by atoms with Gasteiger partial charge in [-0.3, -0.25) is 9.36 Å². The van der Waals surface area contributed by atoms with E-state index in [-0.39, 0.29) is 18.1 Å². The monoisotopic (exact) mass is 572 g/mol. The van der Waals surface area contributed by atoms with Crippen LogP contribution in [-0.2, 0) is 14.3 Å². The summed E-state index contributed by atoms with van der Waals surface area (Å²) in [5.74, 6) is 0.805. The molecule has 0 saturated carbocycles. The maximum Gasteiger partial charge on any atom is 0.338 e. The quantitative estimate of drug-likeness (QED) is 0.291. The van der Waals surface area contributed by atoms with Crippen LogP contribution in [-0.4, -0.2) is 36.8 Å². The molecule has 1 aliphatic heterocycles. The SMILES string of the molecule is CCOC(=O)C1=C(C)N=c2sc(=Cc3ccc(-c4ccc(C(=O)OCC)cc4)o3)c(=O)n2C1c1ccc(OC)cc1. The highest BCUT2D eigenvalue weighted by Gasteiger charge is 2.33. The second-order valence-corrected chi connectivity index (χ2v) is 10.1. The Morgan fingerprint density at radius 1 is 0.976 bits per heavy atom. The van der Waals surface area contributed by atoms with Crippen molar-refractivity contribution in [2.45, 2.75) is 26.8 Å². The first kappa shape index (κ1) is 27.9. The number of furan rings is 1. The number of ether oxygens (including phenoxy) is 3. The summed E-state index contributed by atoms with van der Waals surface area (Å²) < 4.78 is 23.6. The molecule has 41 heavy (non-hydrogen) atoms. The number of aromatic nitrogens is 1. The summed E-state index contributed by atoms with van der Waals surface area (Å²) in [6.45, 7) is 5.73. The van der Waals surface area contributed by atoms with Gasteiger partial charge in [-0.15, -0.1) is 0 Å². The normalized spacial score (nSPS) is 14.8. The summed E-state index contributed by atoms with van der Waals surface area (Å²) in [4.78, 5) is 43.8. The Balaban J connectivity index is 1.54. The van der Waals surface area contributed by atoms with E-state index >= 15 is 0 Å². The van der Waals surface area contributed by atoms with Crippen LogP contribution in [0.15, 0.2) is 86.1 Å². The molecule has 5 rings (SSSR count). The highest BCUT2D eigenvalue weighted by Crippen LogP contribution is 2.31. The first-order valence-electron chi connectivity index (χ1n) is 13.1. The summed E-state index contributed by atoms with van der Waals surface area (Å²) in [6, 6.07) is 17.0. The maximum absolute atomic E-state index is 13.8. The molecule has 4 aromatic rings. The second-order valence-electron chi connectivity index (χ2n) is 9.08. The molecular formula is C31H28N2O7S. The Hall–Kier alpha value is -4.70. The zero-order valence-corrected chi connectivity index (χ0v) is 23.8. The van der Waals surface area contributed by atoms with Gasteiger partial charge in [-0.05, 0) is 62.7 Å². The lowest BCUT2D eigenvalue weighted by atomic mass is 9.96. The fourth-order valence-corrected chi connectivity index (χ4v) is 5.62. The lowest BCUT2D eigenvalue weighted by Gasteiger charge is -2.24. The minimum atomic E-state index is -0.719. The third-order valence-electron chi connectivity index (χ3n) is 6.53. The van der Waals surface area contributed by atoms with Gasteiger partial charge in [0, 0.05) is 11.6 Å². The highest BCUT2D eigenvalue weighted by atomic mass is 32.1. The van der Waals surface area contributed by atoms with E-state index in [4.69, 9.17) is 18.6 Å². The van der Waals surface area contributed by atoms with Crippen LogP contribution in [0.4, 0.5) is 0 Å². The molecule has 0 fully saturated rings. The van der Waals surface area contributed by atoms with Crippen LogP contribution in [0.2, 0.25) is 0 Å². The van der Waals surface area contributed by atoms with Gasteiger partial charge in [0.2, 0.25) is 0 Å². The van der Waals surface area contributed by atoms with Crippen LogP contribution in [0.1, 0.15) is 48.5 Å². The van der Waals surface area contributed by atoms with Crippen molar-refractivity contribution in [1.82, 2.24) is 4.57 Å². The van der Waals surface area contributed by atoms with Gasteiger partial charge in [0.15, 0.2) is 4.80 Å². The highest BCUT2D eigenvalue weighted by molar-refractivity contribution is 7.07. The standard InChI is InChI=1S/C31H28N2O7S/c1-5-38-29(35)21-9-7-19(8-10-21)24-16-15-23(40-24)17-25-28(34)33-27(20-11-13-22(37-4)14-12-20)26(30(36)39-6-2)18(3)32-31(33)41-25/h7-17,27H,5-6H2,1-4H3. The van der Waals surface area contributed by atoms with Crippen LogP contribution >= 0.6 is 11.3 Å². The van der Waals surface area contributed by atoms with Crippen molar-refractivity contribution in [2.24, 2.45) is 4.99 Å². The van der Waals surface area contributed by atoms with Crippen molar-refractivity contribution in [3.8, 4) is 17.1 Å². The summed E-state index contributed by atoms with van der Waals surface area (Å²) in [5.41, 5.74) is 2.44. The first-order chi connectivity index (χ1) is 19.8. The number of benzene rings is 2. The zero-order valence-electron chi connectivity index (χ0n) is 23.0. The van der Waals surface area contributed by atoms with Gasteiger partial charge in [-0.2, -0.15) is 0 Å². The molecule has 1 aliphatic rings. The number of methoxy groups -OCH3 is 1. The van der Waals surface area contributed by atoms with E-state index in [1.54, 1.807) is 82.5 Å². The van der Waals surface area contributed by atoms with Crippen molar-refractivity contribution in [2.75, 3.05) is 20.3 Å². The molecule has 0 bridgehead atoms. The molecule has 0 saturated heterocycles. The lowest BCUT2D eigenvalue weighted by molar-refractivity contribution is -0.139. The molecule has 1 atom stereocenters. The number of nitrogens with zero attached hydrogens (tertiary/aromatic N) is 2. The number of esters is 2. The van der Waals surface area contributed by atoms with E-state index < -0.39 is 12.0 Å². The maximum atomic E-state index is 13.8. The smallest absolute Gasteiger partial charge is 0.338 e. The molecule has 2 aromatic heterocycles. The van der Waals surface area contributed by atoms with Crippen molar-refractivity contribution < 1.29 is 28.2 Å². The van der Waals surface area contributed by atoms with Crippen LogP contribution in [0, 0.1) is 0 Å². The molecule has 0 amide bonds. The van der Waals surface area contributed by atoms with E-state index in [9.17, 15) is 14.4 Å². The predicted molar refractivity (Wildman–Crippen MR) is 153 cm³/mol. The fourth-order valence-electron chi connectivity index (χ4n) is 4.59. The molecule has 2 aromatic carbocycles. The second kappa shape index (κ2) is 11.8. The lowest BCUT2D eigenvalue weighted by Crippen LogP contribution is -2.39. The minimum absolute atomic E-state index is 0.196. The number of carbonyl (C=O) groups excluding carboxylic acids is 2. The molecule has 0 spiro atoms. The number of allylic oxidation sites excluding steroid dienone is 1. The number of thiazole rings is 1. The van der Waals surface area contributed by atoms with Gasteiger partial charge in [0.25, 0.3) is 5.56 Å². The van der Waals surface area contributed by atoms with Gasteiger partial charge in [-0.25, -0.2) is 14.6 Å². The van der Waals surface area contributed by atoms with Gasteiger partial charge < -0.3 is 18.6 Å². The molecule has 1 unspecified atom stereocenters. The summed E-state index contributed by atoms with van der Waals surface area (Å²) in [7, 11) is 1.57. The van der Waals surface area contributed by atoms with Gasteiger partial charge in [0.05, 0.1) is 47.7 Å². The van der Waals surface area contributed by atoms with E-state index in [0.717, 1.165) is 11.1 Å². The van der Waals surface area contributed by atoms with Crippen molar-refractivity contribution in [3.05, 3.63) is 109 Å². The molecule has 9 nitrogen and oxygen atoms in total. The Labute approximate surface area is 239 Å². The molecule has 10 heteroatoms. The third-order valence-corrected chi connectivity index (χ3v) is 7.51. The molecule has 3 heterocycles. The number of rotatable bonds is 8. The molecule has 0 N–H and O–H groups in total. The van der Waals surface area contributed by atoms with Crippen molar-refractivity contribution in [3.63, 3.8) is 0 Å². The van der Waals surface area contributed by atoms with Crippen LogP contribution in [0.25, 0.3) is 17.4 Å². The molecule has 210 valence electrons. The Morgan fingerprint density at radius 3 is 2.32 bits per heavy atom. The van der Waals surface area contributed by atoms with Crippen molar-refractivity contribution >= 4 is 29.4 Å². The molecule has 0 radical (unpaired) electrons. The van der Waals surface area contributed by atoms with E-state index in [2.05, 4.69) is 4.99 Å². The van der Waals surface area contributed by atoms with Crippen LogP contribution in [0.3, 0.4) is 0 Å².